The van der Waals surface area contributed by atoms with Crippen LogP contribution < -0.4 is 5.32 Å². The summed E-state index contributed by atoms with van der Waals surface area (Å²) in [5.41, 5.74) is 4.03. The average molecular weight is 398 g/mol. The molecule has 8 heteroatoms. The van der Waals surface area contributed by atoms with E-state index < -0.39 is 0 Å². The maximum absolute atomic E-state index is 12.7. The lowest BCUT2D eigenvalue weighted by Crippen LogP contribution is -2.13. The van der Waals surface area contributed by atoms with Crippen LogP contribution in [0.4, 0.5) is 5.69 Å². The fourth-order valence-electron chi connectivity index (χ4n) is 2.72. The molecular formula is C19H16ClN5OS. The van der Waals surface area contributed by atoms with Crippen molar-refractivity contribution in [3.63, 3.8) is 0 Å². The molecule has 0 atom stereocenters. The number of benzene rings is 2. The van der Waals surface area contributed by atoms with E-state index in [4.69, 9.17) is 11.6 Å². The van der Waals surface area contributed by atoms with Gasteiger partial charge in [-0.1, -0.05) is 41.1 Å². The number of hydrogen-bond acceptors (Lipinski definition) is 5. The number of nitrogens with one attached hydrogen (secondary N) is 1. The number of aryl methyl sites for hydroxylation is 3. The minimum Gasteiger partial charge on any atom is -0.322 e. The number of nitrogens with zero attached hydrogens (tertiary/aromatic N) is 4. The first-order valence-corrected chi connectivity index (χ1v) is 9.49. The maximum Gasteiger partial charge on any atom is 0.257 e. The summed E-state index contributed by atoms with van der Waals surface area (Å²) in [6, 6.07) is 11.2. The predicted octanol–water partition coefficient (Wildman–Crippen LogP) is 4.68. The summed E-state index contributed by atoms with van der Waals surface area (Å²) < 4.78 is 1.71. The van der Waals surface area contributed by atoms with Crippen LogP contribution in [-0.2, 0) is 0 Å². The molecule has 0 radical (unpaired) electrons. The van der Waals surface area contributed by atoms with Crippen LogP contribution in [0.2, 0.25) is 5.02 Å². The molecule has 27 heavy (non-hydrogen) atoms. The quantitative estimate of drug-likeness (QED) is 0.544. The third-order valence-electron chi connectivity index (χ3n) is 4.25. The summed E-state index contributed by atoms with van der Waals surface area (Å²) >= 11 is 7.67. The lowest BCUT2D eigenvalue weighted by atomic mass is 10.1. The molecule has 6 nitrogen and oxygen atoms in total. The lowest BCUT2D eigenvalue weighted by molar-refractivity contribution is 0.102. The van der Waals surface area contributed by atoms with Crippen LogP contribution in [0.25, 0.3) is 15.5 Å². The first-order chi connectivity index (χ1) is 12.9. The molecule has 4 aromatic rings. The smallest absolute Gasteiger partial charge is 0.257 e. The Hall–Kier alpha value is -2.77. The molecule has 2 aromatic heterocycles. The van der Waals surface area contributed by atoms with Gasteiger partial charge in [0, 0.05) is 11.3 Å². The van der Waals surface area contributed by atoms with Crippen LogP contribution in [-0.4, -0.2) is 25.7 Å². The molecule has 136 valence electrons. The summed E-state index contributed by atoms with van der Waals surface area (Å²) in [4.78, 5) is 13.4. The van der Waals surface area contributed by atoms with Crippen molar-refractivity contribution in [1.82, 2.24) is 19.8 Å². The molecule has 0 aliphatic carbocycles. The molecule has 0 unspecified atom stereocenters. The number of carbonyl (C=O) groups is 1. The second-order valence-corrected chi connectivity index (χ2v) is 7.68. The second-order valence-electron chi connectivity index (χ2n) is 6.32. The van der Waals surface area contributed by atoms with Gasteiger partial charge in [0.2, 0.25) is 4.96 Å². The van der Waals surface area contributed by atoms with Gasteiger partial charge in [-0.25, -0.2) is 0 Å². The molecular weight excluding hydrogens is 382 g/mol. The van der Waals surface area contributed by atoms with Crippen molar-refractivity contribution in [2.24, 2.45) is 0 Å². The Labute approximate surface area is 164 Å². The largest absolute Gasteiger partial charge is 0.322 e. The first kappa shape index (κ1) is 17.6. The zero-order chi connectivity index (χ0) is 19.1. The zero-order valence-electron chi connectivity index (χ0n) is 14.9. The number of carbonyl (C=O) groups excluding carboxylic acids is 1. The first-order valence-electron chi connectivity index (χ1n) is 8.30. The molecule has 0 aliphatic rings. The van der Waals surface area contributed by atoms with Gasteiger partial charge < -0.3 is 5.32 Å². The van der Waals surface area contributed by atoms with Crippen molar-refractivity contribution >= 4 is 39.5 Å². The van der Waals surface area contributed by atoms with Gasteiger partial charge in [0.1, 0.15) is 5.01 Å². The highest BCUT2D eigenvalue weighted by Gasteiger charge is 2.15. The Morgan fingerprint density at radius 1 is 1.11 bits per heavy atom. The van der Waals surface area contributed by atoms with Crippen LogP contribution in [0.5, 0.6) is 0 Å². The van der Waals surface area contributed by atoms with Gasteiger partial charge in [-0.2, -0.15) is 9.61 Å². The molecule has 0 fully saturated rings. The topological polar surface area (TPSA) is 72.2 Å². The molecule has 1 N–H and O–H groups in total. The van der Waals surface area contributed by atoms with Crippen molar-refractivity contribution < 1.29 is 4.79 Å². The Bertz CT molecular complexity index is 1180. The van der Waals surface area contributed by atoms with Crippen LogP contribution in [0.1, 0.15) is 27.3 Å². The Morgan fingerprint density at radius 3 is 2.67 bits per heavy atom. The second kappa shape index (κ2) is 6.75. The van der Waals surface area contributed by atoms with Crippen LogP contribution >= 0.6 is 22.9 Å². The van der Waals surface area contributed by atoms with E-state index in [-0.39, 0.29) is 5.91 Å². The standard InChI is InChI=1S/C19H16ClN5OS/c1-10-4-7-14(15(20)8-10)17(26)21-16-9-13(6-5-11(16)2)18-24-25-12(3)22-23-19(25)27-18/h4-9H,1-3H3,(H,21,26). The van der Waals surface area contributed by atoms with Gasteiger partial charge in [-0.05, 0) is 50.1 Å². The van der Waals surface area contributed by atoms with Crippen LogP contribution in [0, 0.1) is 20.8 Å². The van der Waals surface area contributed by atoms with E-state index >= 15 is 0 Å². The third kappa shape index (κ3) is 3.31. The minimum atomic E-state index is -0.241. The molecule has 2 heterocycles. The molecule has 0 spiro atoms. The molecule has 1 amide bonds. The van der Waals surface area contributed by atoms with E-state index in [9.17, 15) is 4.79 Å². The van der Waals surface area contributed by atoms with E-state index in [0.29, 0.717) is 10.6 Å². The van der Waals surface area contributed by atoms with E-state index in [0.717, 1.165) is 38.2 Å². The number of amides is 1. The Morgan fingerprint density at radius 2 is 1.93 bits per heavy atom. The van der Waals surface area contributed by atoms with Gasteiger partial charge in [0.05, 0.1) is 10.6 Å². The SMILES string of the molecule is Cc1ccc(C(=O)Nc2cc(-c3nn4c(C)nnc4s3)ccc2C)c(Cl)c1. The summed E-state index contributed by atoms with van der Waals surface area (Å²) in [6.45, 7) is 5.73. The van der Waals surface area contributed by atoms with Gasteiger partial charge in [-0.15, -0.1) is 10.2 Å². The number of aromatic nitrogens is 4. The molecule has 0 saturated carbocycles. The summed E-state index contributed by atoms with van der Waals surface area (Å²) in [5, 5.41) is 16.8. The van der Waals surface area contributed by atoms with Gasteiger partial charge in [0.25, 0.3) is 5.91 Å². The molecule has 0 aliphatic heterocycles. The zero-order valence-corrected chi connectivity index (χ0v) is 16.5. The Kier molecular flexibility index (Phi) is 4.41. The average Bonchev–Trinajstić information content (AvgIpc) is 3.19. The number of fused-ring (bicyclic) bond motifs is 1. The van der Waals surface area contributed by atoms with Crippen molar-refractivity contribution in [3.05, 3.63) is 63.9 Å². The van der Waals surface area contributed by atoms with Crippen molar-refractivity contribution in [2.45, 2.75) is 20.8 Å². The van der Waals surface area contributed by atoms with E-state index in [1.54, 1.807) is 16.6 Å². The molecule has 0 bridgehead atoms. The Balaban J connectivity index is 1.67. The number of hydrogen-bond donors (Lipinski definition) is 1. The number of anilines is 1. The van der Waals surface area contributed by atoms with E-state index in [2.05, 4.69) is 20.6 Å². The highest BCUT2D eigenvalue weighted by Crippen LogP contribution is 2.29. The minimum absolute atomic E-state index is 0.241. The highest BCUT2D eigenvalue weighted by atomic mass is 35.5. The van der Waals surface area contributed by atoms with Crippen molar-refractivity contribution in [3.8, 4) is 10.6 Å². The predicted molar refractivity (Wildman–Crippen MR) is 108 cm³/mol. The molecule has 4 rings (SSSR count). The van der Waals surface area contributed by atoms with Gasteiger partial charge in [-0.3, -0.25) is 4.79 Å². The third-order valence-corrected chi connectivity index (χ3v) is 5.51. The molecule has 2 aromatic carbocycles. The maximum atomic E-state index is 12.7. The summed E-state index contributed by atoms with van der Waals surface area (Å²) in [6.07, 6.45) is 0. The van der Waals surface area contributed by atoms with Crippen LogP contribution in [0.15, 0.2) is 36.4 Å². The fourth-order valence-corrected chi connectivity index (χ4v) is 3.92. The lowest BCUT2D eigenvalue weighted by Gasteiger charge is -2.11. The summed E-state index contributed by atoms with van der Waals surface area (Å²) in [7, 11) is 0. The normalized spacial score (nSPS) is 11.1. The number of rotatable bonds is 3. The summed E-state index contributed by atoms with van der Waals surface area (Å²) in [5.74, 6) is 0.497. The fraction of sp³-hybridized carbons (Fsp3) is 0.158. The van der Waals surface area contributed by atoms with Gasteiger partial charge in [0.15, 0.2) is 5.82 Å². The monoisotopic (exact) mass is 397 g/mol. The van der Waals surface area contributed by atoms with E-state index in [1.165, 1.54) is 11.3 Å². The van der Waals surface area contributed by atoms with Crippen LogP contribution in [0.3, 0.4) is 0 Å². The number of halogens is 1. The van der Waals surface area contributed by atoms with Crippen molar-refractivity contribution in [1.29, 1.82) is 0 Å². The van der Waals surface area contributed by atoms with Gasteiger partial charge >= 0.3 is 0 Å². The highest BCUT2D eigenvalue weighted by molar-refractivity contribution is 7.19. The van der Waals surface area contributed by atoms with E-state index in [1.807, 2.05) is 45.0 Å². The van der Waals surface area contributed by atoms with Crippen molar-refractivity contribution in [2.75, 3.05) is 5.32 Å². The molecule has 0 saturated heterocycles.